The summed E-state index contributed by atoms with van der Waals surface area (Å²) in [6.07, 6.45) is 3.63. The van der Waals surface area contributed by atoms with Crippen molar-refractivity contribution in [2.75, 3.05) is 44.5 Å². The van der Waals surface area contributed by atoms with Crippen molar-refractivity contribution in [1.29, 1.82) is 0 Å². The van der Waals surface area contributed by atoms with Crippen LogP contribution in [0.15, 0.2) is 36.6 Å². The van der Waals surface area contributed by atoms with Gasteiger partial charge in [0.25, 0.3) is 0 Å². The maximum absolute atomic E-state index is 15.4. The van der Waals surface area contributed by atoms with Gasteiger partial charge >= 0.3 is 10.2 Å². The molecule has 5 atom stereocenters. The van der Waals surface area contributed by atoms with Crippen molar-refractivity contribution in [3.8, 4) is 0 Å². The zero-order valence-electron chi connectivity index (χ0n) is 22.9. The summed E-state index contributed by atoms with van der Waals surface area (Å²) in [6.45, 7) is 16.2. The highest BCUT2D eigenvalue weighted by molar-refractivity contribution is 7.90. The molecule has 3 N–H and O–H groups in total. The van der Waals surface area contributed by atoms with Gasteiger partial charge in [0.2, 0.25) is 0 Å². The van der Waals surface area contributed by atoms with Crippen LogP contribution < -0.4 is 15.4 Å². The molecule has 38 heavy (non-hydrogen) atoms. The van der Waals surface area contributed by atoms with Crippen molar-refractivity contribution < 1.29 is 22.0 Å². The van der Waals surface area contributed by atoms with Gasteiger partial charge in [0.05, 0.1) is 11.3 Å². The van der Waals surface area contributed by atoms with Crippen LogP contribution in [0.5, 0.6) is 0 Å². The summed E-state index contributed by atoms with van der Waals surface area (Å²) < 4.78 is 58.1. The Balaban J connectivity index is 1.85. The maximum atomic E-state index is 15.4. The predicted molar refractivity (Wildman–Crippen MR) is 147 cm³/mol. The first kappa shape index (κ1) is 30.2. The minimum atomic E-state index is -4.06. The van der Waals surface area contributed by atoms with Crippen molar-refractivity contribution in [1.82, 2.24) is 19.8 Å². The maximum Gasteiger partial charge on any atom is 0.301 e. The van der Waals surface area contributed by atoms with Crippen LogP contribution >= 0.6 is 0 Å². The summed E-state index contributed by atoms with van der Waals surface area (Å²) in [7, 11) is -2.73. The number of carbonyl (C=O) groups excluding carboxylic acids is 1. The molecule has 8 nitrogen and oxygen atoms in total. The van der Waals surface area contributed by atoms with Crippen molar-refractivity contribution in [2.45, 2.75) is 46.2 Å². The Labute approximate surface area is 225 Å². The molecule has 3 rings (SSSR count). The number of rotatable bonds is 11. The quantitative estimate of drug-likeness (QED) is 0.288. The molecule has 1 aromatic carbocycles. The lowest BCUT2D eigenvalue weighted by atomic mass is 9.72. The lowest BCUT2D eigenvalue weighted by Crippen LogP contribution is -2.51. The molecule has 0 amide bonds. The Bertz CT molecular complexity index is 1150. The molecule has 2 aliphatic heterocycles. The van der Waals surface area contributed by atoms with Crippen LogP contribution in [0.1, 0.15) is 44.5 Å². The second-order valence-corrected chi connectivity index (χ2v) is 12.1. The SMILES string of the molecule is C=CC1NC=C(C(=O)c2c(F)ccc(NS(=O)(=O)N(C)CC)c2F)C[C@@H]1[C@@H](C)[C@@H](C)[C@H](C)N1CCNCC1. The van der Waals surface area contributed by atoms with Crippen LogP contribution in [0.2, 0.25) is 0 Å². The van der Waals surface area contributed by atoms with Crippen LogP contribution in [-0.2, 0) is 10.2 Å². The smallest absolute Gasteiger partial charge is 0.301 e. The minimum Gasteiger partial charge on any atom is -0.384 e. The van der Waals surface area contributed by atoms with E-state index in [-0.39, 0.29) is 30.0 Å². The Hall–Kier alpha value is -2.34. The number of nitrogens with zero attached hydrogens (tertiary/aromatic N) is 2. The molecule has 0 aliphatic carbocycles. The van der Waals surface area contributed by atoms with Gasteiger partial charge < -0.3 is 10.6 Å². The summed E-state index contributed by atoms with van der Waals surface area (Å²) in [4.78, 5) is 15.9. The number of Topliss-reactive ketones (excluding diaryl/α,β-unsaturated/α-hetero) is 1. The van der Waals surface area contributed by atoms with E-state index in [4.69, 9.17) is 0 Å². The van der Waals surface area contributed by atoms with E-state index < -0.39 is 38.9 Å². The Kier molecular flexibility index (Phi) is 10.1. The molecule has 2 aliphatic rings. The number of benzene rings is 1. The molecule has 0 radical (unpaired) electrons. The van der Waals surface area contributed by atoms with Gasteiger partial charge in [0, 0.05) is 63.6 Å². The minimum absolute atomic E-state index is 0.0252. The Morgan fingerprint density at radius 1 is 1.26 bits per heavy atom. The van der Waals surface area contributed by atoms with Crippen LogP contribution in [0.4, 0.5) is 14.5 Å². The fourth-order valence-electron chi connectivity index (χ4n) is 5.31. The van der Waals surface area contributed by atoms with Gasteiger partial charge in [-0.25, -0.2) is 8.78 Å². The van der Waals surface area contributed by atoms with Gasteiger partial charge in [0.15, 0.2) is 11.6 Å². The van der Waals surface area contributed by atoms with E-state index in [0.29, 0.717) is 18.4 Å². The average molecular weight is 554 g/mol. The molecule has 0 bridgehead atoms. The number of halogens is 2. The second-order valence-electron chi connectivity index (χ2n) is 10.3. The molecule has 1 fully saturated rings. The standard InChI is InChI=1S/C27H41F2N5O3S/c1-7-23-21(18(4)17(3)19(5)34-13-11-30-12-14-34)15-20(16-31-23)27(35)25-22(28)9-10-24(26(25)29)32-38(36,37)33(6)8-2/h7,9-10,16-19,21,23,30-32H,1,8,11-15H2,2-6H3/t17-,18+,19+,21-,23?/m1/s1. The third kappa shape index (κ3) is 6.44. The summed E-state index contributed by atoms with van der Waals surface area (Å²) >= 11 is 0. The lowest BCUT2D eigenvalue weighted by Gasteiger charge is -2.43. The topological polar surface area (TPSA) is 93.8 Å². The van der Waals surface area contributed by atoms with E-state index in [0.717, 1.165) is 42.6 Å². The van der Waals surface area contributed by atoms with Crippen LogP contribution in [0.25, 0.3) is 0 Å². The molecular formula is C27H41F2N5O3S. The number of allylic oxidation sites excluding steroid dienone is 1. The number of piperazine rings is 1. The normalized spacial score (nSPS) is 23.2. The van der Waals surface area contributed by atoms with Crippen molar-refractivity contribution >= 4 is 21.7 Å². The monoisotopic (exact) mass is 553 g/mol. The zero-order chi connectivity index (χ0) is 28.2. The van der Waals surface area contributed by atoms with Gasteiger partial charge in [-0.05, 0) is 43.2 Å². The zero-order valence-corrected chi connectivity index (χ0v) is 23.7. The molecule has 0 saturated carbocycles. The van der Waals surface area contributed by atoms with Gasteiger partial charge in [-0.15, -0.1) is 6.58 Å². The van der Waals surface area contributed by atoms with Gasteiger partial charge in [0.1, 0.15) is 5.82 Å². The van der Waals surface area contributed by atoms with Crippen LogP contribution in [0.3, 0.4) is 0 Å². The molecular weight excluding hydrogens is 512 g/mol. The van der Waals surface area contributed by atoms with Crippen molar-refractivity contribution in [3.05, 3.63) is 53.8 Å². The van der Waals surface area contributed by atoms with E-state index >= 15 is 4.39 Å². The van der Waals surface area contributed by atoms with E-state index in [9.17, 15) is 17.6 Å². The van der Waals surface area contributed by atoms with E-state index in [1.165, 1.54) is 13.2 Å². The highest BCUT2D eigenvalue weighted by Gasteiger charge is 2.37. The number of hydrogen-bond donors (Lipinski definition) is 3. The number of nitrogens with one attached hydrogen (secondary N) is 3. The fraction of sp³-hybridized carbons (Fsp3) is 0.593. The molecule has 212 valence electrons. The van der Waals surface area contributed by atoms with E-state index in [1.54, 1.807) is 6.92 Å². The van der Waals surface area contributed by atoms with Crippen LogP contribution in [-0.4, -0.2) is 75.3 Å². The number of anilines is 1. The molecule has 11 heteroatoms. The third-order valence-electron chi connectivity index (χ3n) is 8.32. The highest BCUT2D eigenvalue weighted by atomic mass is 32.2. The number of hydrogen-bond acceptors (Lipinski definition) is 6. The van der Waals surface area contributed by atoms with Gasteiger partial charge in [-0.3, -0.25) is 14.4 Å². The Morgan fingerprint density at radius 2 is 1.92 bits per heavy atom. The summed E-state index contributed by atoms with van der Waals surface area (Å²) in [5, 5.41) is 6.57. The second kappa shape index (κ2) is 12.7. The molecule has 1 saturated heterocycles. The van der Waals surface area contributed by atoms with Crippen molar-refractivity contribution in [2.24, 2.45) is 17.8 Å². The summed E-state index contributed by atoms with van der Waals surface area (Å²) in [5.41, 5.74) is -1.01. The Morgan fingerprint density at radius 3 is 2.53 bits per heavy atom. The predicted octanol–water partition coefficient (Wildman–Crippen LogP) is 3.37. The number of ketones is 1. The average Bonchev–Trinajstić information content (AvgIpc) is 2.92. The third-order valence-corrected chi connectivity index (χ3v) is 9.88. The first-order valence-electron chi connectivity index (χ1n) is 13.2. The first-order valence-corrected chi connectivity index (χ1v) is 14.7. The van der Waals surface area contributed by atoms with Gasteiger partial charge in [-0.2, -0.15) is 12.7 Å². The van der Waals surface area contributed by atoms with E-state index in [1.807, 2.05) is 6.08 Å². The summed E-state index contributed by atoms with van der Waals surface area (Å²) in [5.74, 6) is -2.65. The number of carbonyl (C=O) groups is 1. The molecule has 0 aromatic heterocycles. The molecule has 1 aromatic rings. The van der Waals surface area contributed by atoms with Crippen molar-refractivity contribution in [3.63, 3.8) is 0 Å². The molecule has 0 spiro atoms. The van der Waals surface area contributed by atoms with Crippen LogP contribution in [0, 0.1) is 29.4 Å². The van der Waals surface area contributed by atoms with Gasteiger partial charge in [-0.1, -0.05) is 26.8 Å². The largest absolute Gasteiger partial charge is 0.384 e. The van der Waals surface area contributed by atoms with E-state index in [2.05, 4.69) is 47.6 Å². The highest BCUT2D eigenvalue weighted by Crippen LogP contribution is 2.36. The molecule has 2 heterocycles. The lowest BCUT2D eigenvalue weighted by molar-refractivity contribution is 0.0885. The fourth-order valence-corrected chi connectivity index (χ4v) is 6.24. The molecule has 1 unspecified atom stereocenters. The summed E-state index contributed by atoms with van der Waals surface area (Å²) in [6, 6.07) is 2.11. The first-order chi connectivity index (χ1) is 17.9.